The van der Waals surface area contributed by atoms with Gasteiger partial charge in [0.05, 0.1) is 3.57 Å². The van der Waals surface area contributed by atoms with Gasteiger partial charge in [-0.3, -0.25) is 0 Å². The molecule has 0 saturated heterocycles. The van der Waals surface area contributed by atoms with Gasteiger partial charge in [-0.15, -0.1) is 0 Å². The van der Waals surface area contributed by atoms with E-state index in [1.54, 1.807) is 6.33 Å². The Morgan fingerprint density at radius 1 is 1.22 bits per heavy atom. The molecule has 0 unspecified atom stereocenters. The van der Waals surface area contributed by atoms with Crippen LogP contribution in [0.4, 0.5) is 5.82 Å². The summed E-state index contributed by atoms with van der Waals surface area (Å²) in [6.07, 6.45) is 3.44. The molecular weight excluding hydrogens is 405 g/mol. The summed E-state index contributed by atoms with van der Waals surface area (Å²) in [5, 5.41) is 0.917. The van der Waals surface area contributed by atoms with Gasteiger partial charge in [0.2, 0.25) is 0 Å². The molecule has 0 bridgehead atoms. The molecule has 94 valence electrons. The van der Waals surface area contributed by atoms with E-state index in [1.165, 1.54) is 5.56 Å². The normalized spacial score (nSPS) is 10.3. The third-order valence-corrected chi connectivity index (χ3v) is 3.63. The molecule has 0 aliphatic rings. The Morgan fingerprint density at radius 3 is 2.67 bits per heavy atom. The molecule has 0 aliphatic heterocycles. The first-order valence-corrected chi connectivity index (χ1v) is 7.81. The molecule has 1 aromatic heterocycles. The minimum absolute atomic E-state index is 0.861. The lowest BCUT2D eigenvalue weighted by Crippen LogP contribution is -2.26. The first-order valence-electron chi connectivity index (χ1n) is 5.61. The Kier molecular flexibility index (Phi) is 5.37. The van der Waals surface area contributed by atoms with E-state index in [-0.39, 0.29) is 0 Å². The number of anilines is 1. The van der Waals surface area contributed by atoms with Crippen LogP contribution in [0.5, 0.6) is 0 Å². The molecule has 3 nitrogen and oxygen atoms in total. The van der Waals surface area contributed by atoms with Crippen molar-refractivity contribution in [1.29, 1.82) is 0 Å². The molecule has 0 saturated carbocycles. The maximum Gasteiger partial charge on any atom is 0.145 e. The Labute approximate surface area is 129 Å². The van der Waals surface area contributed by atoms with E-state index in [1.807, 2.05) is 12.3 Å². The topological polar surface area (TPSA) is 29.0 Å². The van der Waals surface area contributed by atoms with Crippen LogP contribution in [-0.2, 0) is 6.54 Å². The van der Waals surface area contributed by atoms with Gasteiger partial charge in [0.15, 0.2) is 0 Å². The van der Waals surface area contributed by atoms with E-state index in [4.69, 9.17) is 0 Å². The van der Waals surface area contributed by atoms with Crippen molar-refractivity contribution < 1.29 is 0 Å². The van der Waals surface area contributed by atoms with Gasteiger partial charge in [0.1, 0.15) is 12.1 Å². The standard InChI is InChI=1S/C13H13BrIN3/c14-6-7-18(9-11-4-2-1-3-5-11)13-12(15)8-16-10-17-13/h1-5,8,10H,6-7,9H2. The van der Waals surface area contributed by atoms with E-state index < -0.39 is 0 Å². The SMILES string of the molecule is BrCCN(Cc1ccccc1)c1ncncc1I. The minimum Gasteiger partial charge on any atom is -0.350 e. The quantitative estimate of drug-likeness (QED) is 0.550. The summed E-state index contributed by atoms with van der Waals surface area (Å²) in [7, 11) is 0. The van der Waals surface area contributed by atoms with Gasteiger partial charge in [-0.05, 0) is 28.2 Å². The predicted molar refractivity (Wildman–Crippen MR) is 86.0 cm³/mol. The molecule has 0 radical (unpaired) electrons. The summed E-state index contributed by atoms with van der Waals surface area (Å²) in [4.78, 5) is 10.7. The number of rotatable bonds is 5. The van der Waals surface area contributed by atoms with E-state index in [2.05, 4.69) is 77.7 Å². The highest BCUT2D eigenvalue weighted by atomic mass is 127. The van der Waals surface area contributed by atoms with Crippen molar-refractivity contribution in [2.75, 3.05) is 16.8 Å². The second kappa shape index (κ2) is 7.04. The van der Waals surface area contributed by atoms with Crippen LogP contribution in [0.25, 0.3) is 0 Å². The van der Waals surface area contributed by atoms with Crippen LogP contribution in [0, 0.1) is 3.57 Å². The zero-order valence-corrected chi connectivity index (χ0v) is 13.5. The molecule has 1 aromatic carbocycles. The highest BCUT2D eigenvalue weighted by Crippen LogP contribution is 2.20. The monoisotopic (exact) mass is 417 g/mol. The summed E-state index contributed by atoms with van der Waals surface area (Å²) in [5.41, 5.74) is 1.29. The van der Waals surface area contributed by atoms with Gasteiger partial charge in [-0.2, -0.15) is 0 Å². The molecule has 1 heterocycles. The Balaban J connectivity index is 2.21. The summed E-state index contributed by atoms with van der Waals surface area (Å²) in [5.74, 6) is 0.994. The molecule has 0 fully saturated rings. The van der Waals surface area contributed by atoms with Crippen LogP contribution in [0.3, 0.4) is 0 Å². The van der Waals surface area contributed by atoms with Gasteiger partial charge in [0, 0.05) is 24.6 Å². The smallest absolute Gasteiger partial charge is 0.145 e. The van der Waals surface area contributed by atoms with Crippen molar-refractivity contribution in [1.82, 2.24) is 9.97 Å². The van der Waals surface area contributed by atoms with Gasteiger partial charge >= 0.3 is 0 Å². The van der Waals surface area contributed by atoms with Gasteiger partial charge in [-0.1, -0.05) is 46.3 Å². The van der Waals surface area contributed by atoms with Gasteiger partial charge in [0.25, 0.3) is 0 Å². The molecule has 0 spiro atoms. The minimum atomic E-state index is 0.861. The third-order valence-electron chi connectivity index (χ3n) is 2.52. The van der Waals surface area contributed by atoms with E-state index in [9.17, 15) is 0 Å². The average Bonchev–Trinajstić information content (AvgIpc) is 2.40. The van der Waals surface area contributed by atoms with Crippen molar-refractivity contribution in [2.45, 2.75) is 6.54 Å². The van der Waals surface area contributed by atoms with Crippen LogP contribution >= 0.6 is 38.5 Å². The largest absolute Gasteiger partial charge is 0.350 e. The van der Waals surface area contributed by atoms with Crippen LogP contribution in [0.15, 0.2) is 42.9 Å². The predicted octanol–water partition coefficient (Wildman–Crippen LogP) is 3.48. The highest BCUT2D eigenvalue weighted by molar-refractivity contribution is 14.1. The maximum absolute atomic E-state index is 4.38. The molecule has 0 atom stereocenters. The Bertz CT molecular complexity index is 493. The lowest BCUT2D eigenvalue weighted by molar-refractivity contribution is 0.813. The molecule has 0 amide bonds. The number of halogens is 2. The summed E-state index contributed by atoms with van der Waals surface area (Å²) in [6.45, 7) is 1.78. The molecule has 18 heavy (non-hydrogen) atoms. The van der Waals surface area contributed by atoms with E-state index >= 15 is 0 Å². The molecule has 5 heteroatoms. The van der Waals surface area contributed by atoms with E-state index in [0.717, 1.165) is 27.8 Å². The maximum atomic E-state index is 4.38. The third kappa shape index (κ3) is 3.65. The highest BCUT2D eigenvalue weighted by Gasteiger charge is 2.11. The van der Waals surface area contributed by atoms with Gasteiger partial charge < -0.3 is 4.90 Å². The number of benzene rings is 1. The van der Waals surface area contributed by atoms with Crippen LogP contribution in [0.2, 0.25) is 0 Å². The second-order valence-electron chi connectivity index (χ2n) is 3.79. The van der Waals surface area contributed by atoms with Crippen molar-refractivity contribution in [3.05, 3.63) is 52.0 Å². The van der Waals surface area contributed by atoms with E-state index in [0.29, 0.717) is 0 Å². The van der Waals surface area contributed by atoms with Crippen molar-refractivity contribution in [2.24, 2.45) is 0 Å². The first kappa shape index (κ1) is 13.7. The fourth-order valence-corrected chi connectivity index (χ4v) is 2.77. The Hall–Kier alpha value is -0.690. The van der Waals surface area contributed by atoms with Crippen molar-refractivity contribution in [3.8, 4) is 0 Å². The summed E-state index contributed by atoms with van der Waals surface area (Å²) >= 11 is 5.77. The number of hydrogen-bond acceptors (Lipinski definition) is 3. The zero-order valence-electron chi connectivity index (χ0n) is 9.76. The van der Waals surface area contributed by atoms with Crippen LogP contribution in [0.1, 0.15) is 5.56 Å². The lowest BCUT2D eigenvalue weighted by atomic mass is 10.2. The molecule has 2 aromatic rings. The van der Waals surface area contributed by atoms with Gasteiger partial charge in [-0.25, -0.2) is 9.97 Å². The average molecular weight is 418 g/mol. The fraction of sp³-hybridized carbons (Fsp3) is 0.231. The second-order valence-corrected chi connectivity index (χ2v) is 5.75. The molecular formula is C13H13BrIN3. The number of nitrogens with zero attached hydrogens (tertiary/aromatic N) is 3. The molecule has 0 aliphatic carbocycles. The van der Waals surface area contributed by atoms with Crippen LogP contribution in [-0.4, -0.2) is 21.8 Å². The summed E-state index contributed by atoms with van der Waals surface area (Å²) < 4.78 is 1.08. The lowest BCUT2D eigenvalue weighted by Gasteiger charge is -2.23. The molecule has 2 rings (SSSR count). The van der Waals surface area contributed by atoms with Crippen LogP contribution < -0.4 is 4.90 Å². The number of hydrogen-bond donors (Lipinski definition) is 0. The molecule has 0 N–H and O–H groups in total. The zero-order chi connectivity index (χ0) is 12.8. The Morgan fingerprint density at radius 2 is 2.00 bits per heavy atom. The first-order chi connectivity index (χ1) is 8.81. The number of alkyl halides is 1. The van der Waals surface area contributed by atoms with Crippen molar-refractivity contribution in [3.63, 3.8) is 0 Å². The van der Waals surface area contributed by atoms with Crippen molar-refractivity contribution >= 4 is 44.3 Å². The number of aromatic nitrogens is 2. The fourth-order valence-electron chi connectivity index (χ4n) is 1.70. The summed E-state index contributed by atoms with van der Waals surface area (Å²) in [6, 6.07) is 10.4.